The van der Waals surface area contributed by atoms with E-state index in [2.05, 4.69) is 11.4 Å². The summed E-state index contributed by atoms with van der Waals surface area (Å²) in [4.78, 5) is 13.4. The van der Waals surface area contributed by atoms with E-state index in [-0.39, 0.29) is 18.6 Å². The van der Waals surface area contributed by atoms with Crippen molar-refractivity contribution in [2.24, 2.45) is 0 Å². The largest absolute Gasteiger partial charge is 0.482 e. The first kappa shape index (κ1) is 16.7. The molecule has 4 nitrogen and oxygen atoms in total. The molecule has 0 fully saturated rings. The fourth-order valence-corrected chi connectivity index (χ4v) is 3.25. The standard InChI is InChI=1S/C20H16N2O2S/c21-13-16-9-4-5-10-17(16)24-14-19(23)22-20(18-11-6-12-25-18)15-7-2-1-3-8-15/h1-12,20H,14H2,(H,22,23). The molecule has 1 atom stereocenters. The number of nitrogens with zero attached hydrogens (tertiary/aromatic N) is 1. The van der Waals surface area contributed by atoms with E-state index >= 15 is 0 Å². The Labute approximate surface area is 150 Å². The number of para-hydroxylation sites is 1. The van der Waals surface area contributed by atoms with Gasteiger partial charge in [-0.25, -0.2) is 0 Å². The molecule has 0 radical (unpaired) electrons. The van der Waals surface area contributed by atoms with E-state index in [9.17, 15) is 4.79 Å². The lowest BCUT2D eigenvalue weighted by Crippen LogP contribution is -2.33. The number of amides is 1. The molecule has 1 heterocycles. The van der Waals surface area contributed by atoms with Crippen LogP contribution in [0.15, 0.2) is 72.1 Å². The van der Waals surface area contributed by atoms with Crippen LogP contribution >= 0.6 is 11.3 Å². The normalized spacial score (nSPS) is 11.3. The molecule has 0 aliphatic heterocycles. The lowest BCUT2D eigenvalue weighted by Gasteiger charge is -2.18. The molecule has 2 aromatic carbocycles. The monoisotopic (exact) mass is 348 g/mol. The van der Waals surface area contributed by atoms with Crippen LogP contribution in [0.5, 0.6) is 5.75 Å². The van der Waals surface area contributed by atoms with Gasteiger partial charge in [0.1, 0.15) is 11.8 Å². The zero-order valence-corrected chi connectivity index (χ0v) is 14.2. The minimum atomic E-state index is -0.241. The predicted octanol–water partition coefficient (Wildman–Crippen LogP) is 3.90. The van der Waals surface area contributed by atoms with Crippen molar-refractivity contribution in [2.75, 3.05) is 6.61 Å². The number of thiophene rings is 1. The highest BCUT2D eigenvalue weighted by atomic mass is 32.1. The molecule has 0 bridgehead atoms. The topological polar surface area (TPSA) is 62.1 Å². The fourth-order valence-electron chi connectivity index (χ4n) is 2.45. The molecule has 1 amide bonds. The number of hydrogen-bond acceptors (Lipinski definition) is 4. The molecule has 0 aliphatic rings. The number of carbonyl (C=O) groups excluding carboxylic acids is 1. The van der Waals surface area contributed by atoms with E-state index in [4.69, 9.17) is 10.00 Å². The number of benzene rings is 2. The summed E-state index contributed by atoms with van der Waals surface area (Å²) in [5.74, 6) is 0.169. The predicted molar refractivity (Wildman–Crippen MR) is 97.4 cm³/mol. The second-order valence-electron chi connectivity index (χ2n) is 5.32. The van der Waals surface area contributed by atoms with Crippen molar-refractivity contribution in [1.82, 2.24) is 5.32 Å². The van der Waals surface area contributed by atoms with E-state index in [0.717, 1.165) is 10.4 Å². The van der Waals surface area contributed by atoms with Crippen LogP contribution in [0.25, 0.3) is 0 Å². The molecule has 124 valence electrons. The van der Waals surface area contributed by atoms with E-state index in [1.165, 1.54) is 0 Å². The second kappa shape index (κ2) is 8.13. The summed E-state index contributed by atoms with van der Waals surface area (Å²) in [6, 6.07) is 22.5. The summed E-state index contributed by atoms with van der Waals surface area (Å²) in [5.41, 5.74) is 1.42. The van der Waals surface area contributed by atoms with Gasteiger partial charge in [0.15, 0.2) is 6.61 Å². The van der Waals surface area contributed by atoms with Gasteiger partial charge in [-0.05, 0) is 29.1 Å². The van der Waals surface area contributed by atoms with Crippen LogP contribution in [0.4, 0.5) is 0 Å². The molecule has 1 aromatic heterocycles. The molecule has 3 rings (SSSR count). The second-order valence-corrected chi connectivity index (χ2v) is 6.30. The van der Waals surface area contributed by atoms with Gasteiger partial charge in [0, 0.05) is 4.88 Å². The number of nitrogens with one attached hydrogen (secondary N) is 1. The Morgan fingerprint density at radius 3 is 2.56 bits per heavy atom. The molecule has 5 heteroatoms. The van der Waals surface area contributed by atoms with Gasteiger partial charge < -0.3 is 10.1 Å². The number of hydrogen-bond donors (Lipinski definition) is 1. The zero-order valence-electron chi connectivity index (χ0n) is 13.4. The van der Waals surface area contributed by atoms with Gasteiger partial charge in [0.2, 0.25) is 0 Å². The van der Waals surface area contributed by atoms with Crippen molar-refractivity contribution in [2.45, 2.75) is 6.04 Å². The van der Waals surface area contributed by atoms with Gasteiger partial charge in [0.25, 0.3) is 5.91 Å². The zero-order chi connectivity index (χ0) is 17.5. The van der Waals surface area contributed by atoms with Gasteiger partial charge in [0.05, 0.1) is 11.6 Å². The van der Waals surface area contributed by atoms with Crippen LogP contribution in [0.2, 0.25) is 0 Å². The maximum Gasteiger partial charge on any atom is 0.258 e. The summed E-state index contributed by atoms with van der Waals surface area (Å²) >= 11 is 1.59. The molecule has 0 aliphatic carbocycles. The maximum absolute atomic E-state index is 12.4. The van der Waals surface area contributed by atoms with E-state index in [1.807, 2.05) is 47.8 Å². The van der Waals surface area contributed by atoms with Gasteiger partial charge >= 0.3 is 0 Å². The van der Waals surface area contributed by atoms with Crippen LogP contribution in [-0.2, 0) is 4.79 Å². The number of ether oxygens (including phenoxy) is 1. The Morgan fingerprint density at radius 2 is 1.84 bits per heavy atom. The molecule has 0 saturated carbocycles. The summed E-state index contributed by atoms with van der Waals surface area (Å²) in [7, 11) is 0. The molecule has 1 unspecified atom stereocenters. The smallest absolute Gasteiger partial charge is 0.258 e. The van der Waals surface area contributed by atoms with E-state index in [1.54, 1.807) is 35.6 Å². The van der Waals surface area contributed by atoms with Crippen LogP contribution in [0, 0.1) is 11.3 Å². The Morgan fingerprint density at radius 1 is 1.08 bits per heavy atom. The third kappa shape index (κ3) is 4.25. The molecular weight excluding hydrogens is 332 g/mol. The van der Waals surface area contributed by atoms with Gasteiger partial charge in [-0.2, -0.15) is 5.26 Å². The van der Waals surface area contributed by atoms with Crippen molar-refractivity contribution in [3.05, 3.63) is 88.1 Å². The van der Waals surface area contributed by atoms with Crippen molar-refractivity contribution >= 4 is 17.2 Å². The number of carbonyl (C=O) groups is 1. The third-order valence-corrected chi connectivity index (χ3v) is 4.57. The molecule has 3 aromatic rings. The lowest BCUT2D eigenvalue weighted by molar-refractivity contribution is -0.123. The Hall–Kier alpha value is -3.10. The molecule has 0 spiro atoms. The Bertz CT molecular complexity index is 870. The SMILES string of the molecule is N#Cc1ccccc1OCC(=O)NC(c1ccccc1)c1cccs1. The van der Waals surface area contributed by atoms with Gasteiger partial charge in [-0.1, -0.05) is 48.5 Å². The first-order valence-corrected chi connectivity index (χ1v) is 8.65. The van der Waals surface area contributed by atoms with Crippen molar-refractivity contribution in [3.8, 4) is 11.8 Å². The highest BCUT2D eigenvalue weighted by molar-refractivity contribution is 7.10. The van der Waals surface area contributed by atoms with Crippen molar-refractivity contribution in [1.29, 1.82) is 5.26 Å². The summed E-state index contributed by atoms with van der Waals surface area (Å²) in [5, 5.41) is 14.1. The van der Waals surface area contributed by atoms with Gasteiger partial charge in [-0.3, -0.25) is 4.79 Å². The molecule has 1 N–H and O–H groups in total. The van der Waals surface area contributed by atoms with Crippen LogP contribution in [0.3, 0.4) is 0 Å². The van der Waals surface area contributed by atoms with Crippen molar-refractivity contribution in [3.63, 3.8) is 0 Å². The lowest BCUT2D eigenvalue weighted by atomic mass is 10.1. The maximum atomic E-state index is 12.4. The van der Waals surface area contributed by atoms with Crippen LogP contribution in [0.1, 0.15) is 22.0 Å². The quantitative estimate of drug-likeness (QED) is 0.735. The third-order valence-electron chi connectivity index (χ3n) is 3.63. The first-order valence-electron chi connectivity index (χ1n) is 7.77. The Kier molecular flexibility index (Phi) is 5.45. The minimum Gasteiger partial charge on any atom is -0.482 e. The average molecular weight is 348 g/mol. The van der Waals surface area contributed by atoms with Crippen LogP contribution < -0.4 is 10.1 Å². The minimum absolute atomic E-state index is 0.145. The Balaban J connectivity index is 1.70. The highest BCUT2D eigenvalue weighted by Crippen LogP contribution is 2.26. The summed E-state index contributed by atoms with van der Waals surface area (Å²) in [6.45, 7) is -0.145. The van der Waals surface area contributed by atoms with Gasteiger partial charge in [-0.15, -0.1) is 11.3 Å². The van der Waals surface area contributed by atoms with E-state index in [0.29, 0.717) is 11.3 Å². The highest BCUT2D eigenvalue weighted by Gasteiger charge is 2.18. The molecule has 0 saturated heterocycles. The number of nitriles is 1. The average Bonchev–Trinajstić information content (AvgIpc) is 3.20. The fraction of sp³-hybridized carbons (Fsp3) is 0.100. The molecule has 25 heavy (non-hydrogen) atoms. The number of rotatable bonds is 6. The summed E-state index contributed by atoms with van der Waals surface area (Å²) in [6.07, 6.45) is 0. The summed E-state index contributed by atoms with van der Waals surface area (Å²) < 4.78 is 5.51. The van der Waals surface area contributed by atoms with Crippen molar-refractivity contribution < 1.29 is 9.53 Å². The first-order chi connectivity index (χ1) is 12.3. The molecular formula is C20H16N2O2S. The van der Waals surface area contributed by atoms with E-state index < -0.39 is 0 Å². The van der Waals surface area contributed by atoms with Crippen LogP contribution in [-0.4, -0.2) is 12.5 Å².